The number of fused-ring (bicyclic) bond motifs is 1. The highest BCUT2D eigenvalue weighted by Crippen LogP contribution is 2.17. The molecule has 0 amide bonds. The minimum atomic E-state index is 0.564. The lowest BCUT2D eigenvalue weighted by molar-refractivity contribution is 0.284. The van der Waals surface area contributed by atoms with Gasteiger partial charge < -0.3 is 10.2 Å². The number of nitrogens with one attached hydrogen (secondary N) is 1. The minimum Gasteiger partial charge on any atom is -0.368 e. The van der Waals surface area contributed by atoms with Crippen molar-refractivity contribution in [1.29, 1.82) is 0 Å². The third-order valence-corrected chi connectivity index (χ3v) is 3.18. The molecule has 2 aromatic rings. The van der Waals surface area contributed by atoms with E-state index in [-0.39, 0.29) is 0 Å². The second kappa shape index (κ2) is 5.78. The van der Waals surface area contributed by atoms with E-state index in [9.17, 15) is 0 Å². The van der Waals surface area contributed by atoms with Crippen LogP contribution in [0.1, 0.15) is 13.8 Å². The zero-order valence-electron chi connectivity index (χ0n) is 11.2. The van der Waals surface area contributed by atoms with E-state index in [0.717, 1.165) is 29.8 Å². The van der Waals surface area contributed by atoms with Crippen LogP contribution in [0, 0.1) is 0 Å². The molecule has 0 unspecified atom stereocenters. The molecule has 0 fully saturated rings. The van der Waals surface area contributed by atoms with Crippen LogP contribution in [-0.4, -0.2) is 41.0 Å². The molecule has 0 bridgehead atoms. The zero-order valence-corrected chi connectivity index (χ0v) is 11.2. The third kappa shape index (κ3) is 2.96. The van der Waals surface area contributed by atoms with Gasteiger partial charge >= 0.3 is 0 Å². The Labute approximate surface area is 108 Å². The summed E-state index contributed by atoms with van der Waals surface area (Å²) < 4.78 is 0. The van der Waals surface area contributed by atoms with Gasteiger partial charge in [-0.25, -0.2) is 9.97 Å². The molecule has 0 saturated heterocycles. The average molecular weight is 244 g/mol. The third-order valence-electron chi connectivity index (χ3n) is 3.18. The second-order valence-electron chi connectivity index (χ2n) is 4.74. The van der Waals surface area contributed by atoms with E-state index in [4.69, 9.17) is 0 Å². The lowest BCUT2D eigenvalue weighted by Crippen LogP contribution is -2.31. The van der Waals surface area contributed by atoms with E-state index in [2.05, 4.69) is 41.1 Å². The van der Waals surface area contributed by atoms with Gasteiger partial charge in [-0.2, -0.15) is 0 Å². The number of benzene rings is 1. The summed E-state index contributed by atoms with van der Waals surface area (Å²) in [6.45, 7) is 6.27. The molecule has 1 heterocycles. The Kier molecular flexibility index (Phi) is 4.10. The van der Waals surface area contributed by atoms with Gasteiger partial charge in [-0.1, -0.05) is 12.1 Å². The van der Waals surface area contributed by atoms with Crippen LogP contribution in [-0.2, 0) is 0 Å². The number of likely N-dealkylation sites (N-methyl/N-ethyl adjacent to an activating group) is 1. The van der Waals surface area contributed by atoms with E-state index in [1.54, 1.807) is 6.33 Å². The van der Waals surface area contributed by atoms with Gasteiger partial charge in [0.1, 0.15) is 12.1 Å². The summed E-state index contributed by atoms with van der Waals surface area (Å²) in [5.74, 6) is 0.915. The van der Waals surface area contributed by atoms with Crippen LogP contribution < -0.4 is 5.32 Å². The summed E-state index contributed by atoms with van der Waals surface area (Å²) in [6, 6.07) is 8.61. The molecule has 0 radical (unpaired) electrons. The van der Waals surface area contributed by atoms with Crippen molar-refractivity contribution in [3.8, 4) is 0 Å². The van der Waals surface area contributed by atoms with Crippen LogP contribution in [0.3, 0.4) is 0 Å². The first-order valence-corrected chi connectivity index (χ1v) is 6.32. The SMILES string of the molecule is CC(C)N(C)CCNc1ncnc2ccccc12. The molecule has 1 aromatic heterocycles. The summed E-state index contributed by atoms with van der Waals surface area (Å²) in [7, 11) is 2.13. The molecule has 2 rings (SSSR count). The van der Waals surface area contributed by atoms with E-state index in [1.807, 2.05) is 24.3 Å². The fourth-order valence-corrected chi connectivity index (χ4v) is 1.75. The highest BCUT2D eigenvalue weighted by atomic mass is 15.1. The van der Waals surface area contributed by atoms with Crippen molar-refractivity contribution in [2.75, 3.05) is 25.5 Å². The van der Waals surface area contributed by atoms with Crippen molar-refractivity contribution in [3.63, 3.8) is 0 Å². The van der Waals surface area contributed by atoms with Crippen LogP contribution >= 0.6 is 0 Å². The number of rotatable bonds is 5. The lowest BCUT2D eigenvalue weighted by atomic mass is 10.2. The molecule has 4 heteroatoms. The number of anilines is 1. The maximum absolute atomic E-state index is 4.31. The lowest BCUT2D eigenvalue weighted by Gasteiger charge is -2.21. The fourth-order valence-electron chi connectivity index (χ4n) is 1.75. The monoisotopic (exact) mass is 244 g/mol. The molecule has 4 nitrogen and oxygen atoms in total. The molecular formula is C14H20N4. The van der Waals surface area contributed by atoms with Crippen molar-refractivity contribution in [2.45, 2.75) is 19.9 Å². The number of hydrogen-bond acceptors (Lipinski definition) is 4. The minimum absolute atomic E-state index is 0.564. The van der Waals surface area contributed by atoms with E-state index < -0.39 is 0 Å². The maximum atomic E-state index is 4.31. The maximum Gasteiger partial charge on any atom is 0.137 e. The topological polar surface area (TPSA) is 41.0 Å². The molecule has 0 aliphatic rings. The quantitative estimate of drug-likeness (QED) is 0.876. The molecule has 0 saturated carbocycles. The van der Waals surface area contributed by atoms with Gasteiger partial charge in [0, 0.05) is 24.5 Å². The predicted octanol–water partition coefficient (Wildman–Crippen LogP) is 2.38. The molecule has 0 aliphatic heterocycles. The standard InChI is InChI=1S/C14H20N4/c1-11(2)18(3)9-8-15-14-12-6-4-5-7-13(12)16-10-17-14/h4-7,10-11H,8-9H2,1-3H3,(H,15,16,17). The van der Waals surface area contributed by atoms with Crippen LogP contribution in [0.4, 0.5) is 5.82 Å². The molecule has 0 aliphatic carbocycles. The number of para-hydroxylation sites is 1. The van der Waals surface area contributed by atoms with Crippen LogP contribution in [0.2, 0.25) is 0 Å². The van der Waals surface area contributed by atoms with E-state index in [0.29, 0.717) is 6.04 Å². The van der Waals surface area contributed by atoms with E-state index in [1.165, 1.54) is 0 Å². The first-order chi connectivity index (χ1) is 8.68. The summed E-state index contributed by atoms with van der Waals surface area (Å²) in [5.41, 5.74) is 0.979. The summed E-state index contributed by atoms with van der Waals surface area (Å²) in [6.07, 6.45) is 1.61. The average Bonchev–Trinajstić information content (AvgIpc) is 2.38. The van der Waals surface area contributed by atoms with Gasteiger partial charge in [0.05, 0.1) is 5.52 Å². The molecule has 1 N–H and O–H groups in total. The molecular weight excluding hydrogens is 224 g/mol. The van der Waals surface area contributed by atoms with Crippen molar-refractivity contribution in [3.05, 3.63) is 30.6 Å². The predicted molar refractivity (Wildman–Crippen MR) is 75.8 cm³/mol. The molecule has 1 aromatic carbocycles. The van der Waals surface area contributed by atoms with Gasteiger partial charge in [0.15, 0.2) is 0 Å². The Morgan fingerprint density at radius 3 is 2.78 bits per heavy atom. The number of hydrogen-bond donors (Lipinski definition) is 1. The van der Waals surface area contributed by atoms with Gasteiger partial charge in [0.25, 0.3) is 0 Å². The Balaban J connectivity index is 2.04. The van der Waals surface area contributed by atoms with Crippen molar-refractivity contribution >= 4 is 16.7 Å². The number of nitrogens with zero attached hydrogens (tertiary/aromatic N) is 3. The molecule has 0 atom stereocenters. The molecule has 96 valence electrons. The second-order valence-corrected chi connectivity index (χ2v) is 4.74. The van der Waals surface area contributed by atoms with Gasteiger partial charge in [-0.15, -0.1) is 0 Å². The van der Waals surface area contributed by atoms with Crippen molar-refractivity contribution < 1.29 is 0 Å². The summed E-state index contributed by atoms with van der Waals surface area (Å²) in [5, 5.41) is 4.46. The Hall–Kier alpha value is -1.68. The summed E-state index contributed by atoms with van der Waals surface area (Å²) >= 11 is 0. The first kappa shape index (κ1) is 12.8. The van der Waals surface area contributed by atoms with Gasteiger partial charge in [-0.05, 0) is 33.0 Å². The Bertz CT molecular complexity index is 505. The Morgan fingerprint density at radius 2 is 2.00 bits per heavy atom. The zero-order chi connectivity index (χ0) is 13.0. The van der Waals surface area contributed by atoms with E-state index >= 15 is 0 Å². The number of aromatic nitrogens is 2. The highest BCUT2D eigenvalue weighted by Gasteiger charge is 2.04. The van der Waals surface area contributed by atoms with Crippen LogP contribution in [0.15, 0.2) is 30.6 Å². The van der Waals surface area contributed by atoms with Crippen molar-refractivity contribution in [2.24, 2.45) is 0 Å². The van der Waals surface area contributed by atoms with Gasteiger partial charge in [-0.3, -0.25) is 0 Å². The van der Waals surface area contributed by atoms with Crippen LogP contribution in [0.25, 0.3) is 10.9 Å². The first-order valence-electron chi connectivity index (χ1n) is 6.32. The highest BCUT2D eigenvalue weighted by molar-refractivity contribution is 5.88. The Morgan fingerprint density at radius 1 is 1.22 bits per heavy atom. The van der Waals surface area contributed by atoms with Crippen molar-refractivity contribution in [1.82, 2.24) is 14.9 Å². The molecule has 18 heavy (non-hydrogen) atoms. The normalized spacial score (nSPS) is 11.4. The fraction of sp³-hybridized carbons (Fsp3) is 0.429. The summed E-state index contributed by atoms with van der Waals surface area (Å²) in [4.78, 5) is 10.9. The largest absolute Gasteiger partial charge is 0.368 e. The van der Waals surface area contributed by atoms with Gasteiger partial charge in [0.2, 0.25) is 0 Å². The van der Waals surface area contributed by atoms with Crippen LogP contribution in [0.5, 0.6) is 0 Å². The smallest absolute Gasteiger partial charge is 0.137 e. The molecule has 0 spiro atoms.